The summed E-state index contributed by atoms with van der Waals surface area (Å²) < 4.78 is 5.89. The third-order valence-electron chi connectivity index (χ3n) is 9.96. The highest BCUT2D eigenvalue weighted by Gasteiger charge is 2.62. The van der Waals surface area contributed by atoms with Crippen LogP contribution in [-0.2, 0) is 9.53 Å². The molecule has 0 bridgehead atoms. The largest absolute Gasteiger partial charge is 0.400 e. The predicted molar refractivity (Wildman–Crippen MR) is 127 cm³/mol. The van der Waals surface area contributed by atoms with E-state index in [-0.39, 0.29) is 23.7 Å². The molecule has 0 heterocycles. The Balaban J connectivity index is 0.00000141. The Morgan fingerprint density at radius 1 is 1.16 bits per heavy atom. The van der Waals surface area contributed by atoms with Crippen molar-refractivity contribution >= 4 is 12.1 Å². The lowest BCUT2D eigenvalue weighted by atomic mass is 9.44. The minimum Gasteiger partial charge on any atom is -0.400 e. The molecule has 4 aliphatic rings. The molecule has 8 unspecified atom stereocenters. The molecule has 4 fully saturated rings. The third kappa shape index (κ3) is 4.32. The summed E-state index contributed by atoms with van der Waals surface area (Å²) in [5.41, 5.74) is 5.81. The van der Waals surface area contributed by atoms with Gasteiger partial charge in [0, 0.05) is 20.1 Å². The molecule has 8 atom stereocenters. The molecule has 0 aliphatic heterocycles. The number of hydrazine groups is 1. The summed E-state index contributed by atoms with van der Waals surface area (Å²) in [6.45, 7) is 5.91. The topological polar surface area (TPSA) is 114 Å². The molecule has 0 amide bonds. The monoisotopic (exact) mass is 450 g/mol. The van der Waals surface area contributed by atoms with E-state index in [1.165, 1.54) is 50.1 Å². The Kier molecular flexibility index (Phi) is 8.26. The maximum Gasteiger partial charge on any atom is 0.159 e. The SMILES string of the molecule is CO.COCC12CCC(C)CC1CCC1C3CCC(C(=O)CN(N)/N=C\N)C3(C)CCC12. The van der Waals surface area contributed by atoms with Gasteiger partial charge in [-0.1, -0.05) is 20.3 Å². The van der Waals surface area contributed by atoms with Crippen molar-refractivity contribution in [2.45, 2.75) is 71.6 Å². The van der Waals surface area contributed by atoms with Crippen molar-refractivity contribution in [3.63, 3.8) is 0 Å². The zero-order valence-electron chi connectivity index (χ0n) is 20.6. The molecule has 4 saturated carbocycles. The van der Waals surface area contributed by atoms with Crippen molar-refractivity contribution in [1.29, 1.82) is 0 Å². The first kappa shape index (κ1) is 25.4. The summed E-state index contributed by atoms with van der Waals surface area (Å²) in [4.78, 5) is 13.1. The van der Waals surface area contributed by atoms with Crippen LogP contribution in [-0.4, -0.2) is 49.7 Å². The van der Waals surface area contributed by atoms with E-state index in [1.807, 2.05) is 7.11 Å². The minimum atomic E-state index is 0.102. The Morgan fingerprint density at radius 2 is 1.91 bits per heavy atom. The second-order valence-corrected chi connectivity index (χ2v) is 11.2. The fraction of sp³-hybridized carbons (Fsp3) is 0.920. The van der Waals surface area contributed by atoms with Gasteiger partial charge in [-0.05, 0) is 91.8 Å². The van der Waals surface area contributed by atoms with E-state index in [4.69, 9.17) is 21.4 Å². The second kappa shape index (κ2) is 10.4. The number of hydrazone groups is 1. The first-order valence-corrected chi connectivity index (χ1v) is 12.6. The predicted octanol–water partition coefficient (Wildman–Crippen LogP) is 3.16. The van der Waals surface area contributed by atoms with Crippen LogP contribution in [0.4, 0.5) is 0 Å². The van der Waals surface area contributed by atoms with Gasteiger partial charge in [0.25, 0.3) is 0 Å². The van der Waals surface area contributed by atoms with Gasteiger partial charge >= 0.3 is 0 Å². The van der Waals surface area contributed by atoms with Gasteiger partial charge in [0.15, 0.2) is 5.78 Å². The molecule has 7 heteroatoms. The number of aliphatic hydroxyl groups is 1. The molecule has 184 valence electrons. The van der Waals surface area contributed by atoms with Gasteiger partial charge in [0.05, 0.1) is 6.61 Å². The normalized spacial score (nSPS) is 42.9. The minimum absolute atomic E-state index is 0.102. The zero-order valence-corrected chi connectivity index (χ0v) is 20.6. The first-order chi connectivity index (χ1) is 15.4. The van der Waals surface area contributed by atoms with Crippen molar-refractivity contribution < 1.29 is 14.6 Å². The lowest BCUT2D eigenvalue weighted by Gasteiger charge is -2.62. The molecule has 32 heavy (non-hydrogen) atoms. The zero-order chi connectivity index (χ0) is 23.5. The number of rotatable bonds is 6. The second-order valence-electron chi connectivity index (χ2n) is 11.2. The Labute approximate surface area is 194 Å². The standard InChI is InChI=1S/C24H42N4O2.CH4O/c1-16-8-11-24(14-30-3)17(12-16)4-5-18-19-6-7-21(22(29)13-28(26)27-15-25)23(19,2)10-9-20(18)24;1-2/h15-21H,4-14,26H2,1-3H3,(H2,25,27);2H,1H3. The lowest BCUT2D eigenvalue weighted by Crippen LogP contribution is -2.56. The number of Topliss-reactive ketones (excluding diaryl/α,β-unsaturated/α-hetero) is 1. The number of carbonyl (C=O) groups is 1. The molecule has 4 aliphatic carbocycles. The fourth-order valence-electron chi connectivity index (χ4n) is 8.74. The summed E-state index contributed by atoms with van der Waals surface area (Å²) in [5, 5.41) is 12.0. The van der Waals surface area contributed by atoms with Crippen LogP contribution in [0.3, 0.4) is 0 Å². The third-order valence-corrected chi connectivity index (χ3v) is 9.96. The van der Waals surface area contributed by atoms with Crippen LogP contribution < -0.4 is 11.6 Å². The van der Waals surface area contributed by atoms with Crippen LogP contribution in [0.25, 0.3) is 0 Å². The quantitative estimate of drug-likeness (QED) is 0.248. The number of hydrogen-bond donors (Lipinski definition) is 3. The molecule has 0 saturated heterocycles. The average Bonchev–Trinajstić information content (AvgIpc) is 3.13. The maximum atomic E-state index is 13.1. The number of methoxy groups -OCH3 is 1. The van der Waals surface area contributed by atoms with E-state index >= 15 is 0 Å². The van der Waals surface area contributed by atoms with E-state index in [9.17, 15) is 4.79 Å². The van der Waals surface area contributed by atoms with Crippen molar-refractivity contribution in [1.82, 2.24) is 5.12 Å². The molecule has 4 rings (SSSR count). The average molecular weight is 451 g/mol. The highest BCUT2D eigenvalue weighted by molar-refractivity contribution is 5.84. The number of ether oxygens (including phenoxy) is 1. The van der Waals surface area contributed by atoms with Crippen molar-refractivity contribution in [3.05, 3.63) is 0 Å². The Bertz CT molecular complexity index is 674. The van der Waals surface area contributed by atoms with Gasteiger partial charge in [-0.25, -0.2) is 11.0 Å². The molecule has 0 radical (unpaired) electrons. The molecular formula is C25H46N4O3. The number of hydrogen-bond acceptors (Lipinski definition) is 6. The molecule has 0 spiro atoms. The number of nitrogens with zero attached hydrogens (tertiary/aromatic N) is 2. The van der Waals surface area contributed by atoms with Gasteiger partial charge in [-0.15, -0.1) is 0 Å². The van der Waals surface area contributed by atoms with Crippen LogP contribution in [0.1, 0.15) is 71.6 Å². The van der Waals surface area contributed by atoms with E-state index in [2.05, 4.69) is 18.9 Å². The Hall–Kier alpha value is -1.18. The van der Waals surface area contributed by atoms with Crippen LogP contribution >= 0.6 is 0 Å². The molecule has 0 aromatic carbocycles. The van der Waals surface area contributed by atoms with Crippen molar-refractivity contribution in [2.75, 3.05) is 27.4 Å². The summed E-state index contributed by atoms with van der Waals surface area (Å²) in [7, 11) is 2.90. The Morgan fingerprint density at radius 3 is 2.59 bits per heavy atom. The smallest absolute Gasteiger partial charge is 0.159 e. The molecule has 0 aromatic rings. The first-order valence-electron chi connectivity index (χ1n) is 12.6. The molecule has 7 nitrogen and oxygen atoms in total. The summed E-state index contributed by atoms with van der Waals surface area (Å²) in [6, 6.07) is 0. The number of ketones is 1. The summed E-state index contributed by atoms with van der Waals surface area (Å²) in [5.74, 6) is 10.0. The lowest BCUT2D eigenvalue weighted by molar-refractivity contribution is -0.154. The van der Waals surface area contributed by atoms with Crippen molar-refractivity contribution in [3.8, 4) is 0 Å². The van der Waals surface area contributed by atoms with Crippen LogP contribution in [0.5, 0.6) is 0 Å². The number of fused-ring (bicyclic) bond motifs is 5. The van der Waals surface area contributed by atoms with Crippen LogP contribution in [0, 0.1) is 46.3 Å². The van der Waals surface area contributed by atoms with Crippen LogP contribution in [0.2, 0.25) is 0 Å². The number of aliphatic hydroxyl groups excluding tert-OH is 1. The van der Waals surface area contributed by atoms with E-state index in [1.54, 1.807) is 0 Å². The van der Waals surface area contributed by atoms with Gasteiger partial charge in [0.2, 0.25) is 0 Å². The number of nitrogens with two attached hydrogens (primary N) is 2. The highest BCUT2D eigenvalue weighted by atomic mass is 16.5. The van der Waals surface area contributed by atoms with Gasteiger partial charge in [-0.2, -0.15) is 5.10 Å². The maximum absolute atomic E-state index is 13.1. The molecular weight excluding hydrogens is 404 g/mol. The van der Waals surface area contributed by atoms with Gasteiger partial charge < -0.3 is 15.6 Å². The fourth-order valence-corrected chi connectivity index (χ4v) is 8.74. The van der Waals surface area contributed by atoms with E-state index in [0.717, 1.165) is 56.6 Å². The van der Waals surface area contributed by atoms with Crippen molar-refractivity contribution in [2.24, 2.45) is 63.0 Å². The molecule has 0 aromatic heterocycles. The van der Waals surface area contributed by atoms with Crippen LogP contribution in [0.15, 0.2) is 5.10 Å². The van der Waals surface area contributed by atoms with E-state index < -0.39 is 0 Å². The summed E-state index contributed by atoms with van der Waals surface area (Å²) >= 11 is 0. The highest BCUT2D eigenvalue weighted by Crippen LogP contribution is 2.68. The number of carbonyl (C=O) groups excluding carboxylic acids is 1. The van der Waals surface area contributed by atoms with Gasteiger partial charge in [0.1, 0.15) is 12.9 Å². The summed E-state index contributed by atoms with van der Waals surface area (Å²) in [6.07, 6.45) is 12.5. The molecule has 5 N–H and O–H groups in total. The van der Waals surface area contributed by atoms with E-state index in [0.29, 0.717) is 11.3 Å². The van der Waals surface area contributed by atoms with Gasteiger partial charge in [-0.3, -0.25) is 4.79 Å².